The number of nitrogens with one attached hydrogen (secondary N) is 1. The Hall–Kier alpha value is -3.81. The first-order valence-electron chi connectivity index (χ1n) is 11.3. The average molecular weight is 559 g/mol. The number of halogens is 1. The fourth-order valence-electron chi connectivity index (χ4n) is 3.89. The van der Waals surface area contributed by atoms with E-state index in [1.165, 1.54) is 0 Å². The lowest BCUT2D eigenvalue weighted by Crippen LogP contribution is -3.00. The molecule has 1 N–H and O–H groups in total. The molecule has 0 fully saturated rings. The Balaban J connectivity index is 0.00000304. The van der Waals surface area contributed by atoms with Gasteiger partial charge in [0.2, 0.25) is 0 Å². The molecule has 0 unspecified atom stereocenters. The Morgan fingerprint density at radius 3 is 1.97 bits per heavy atom. The summed E-state index contributed by atoms with van der Waals surface area (Å²) in [6, 6.07) is 36.5. The molecule has 0 saturated heterocycles. The maximum Gasteiger partial charge on any atom is 0.276 e. The molecular weight excluding hydrogens is 534 g/mol. The molecule has 0 saturated carbocycles. The molecule has 0 aliphatic rings. The average Bonchev–Trinajstić information content (AvgIpc) is 2.92. The van der Waals surface area contributed by atoms with Gasteiger partial charge in [0.05, 0.1) is 4.90 Å². The number of nitrogens with zero attached hydrogens (tertiary/aromatic N) is 2. The monoisotopic (exact) mass is 557 g/mol. The highest BCUT2D eigenvalue weighted by molar-refractivity contribution is 7.89. The van der Waals surface area contributed by atoms with Gasteiger partial charge in [-0.25, -0.2) is 0 Å². The van der Waals surface area contributed by atoms with Crippen molar-refractivity contribution in [2.24, 2.45) is 5.10 Å². The third kappa shape index (κ3) is 5.87. The van der Waals surface area contributed by atoms with Crippen molar-refractivity contribution in [3.63, 3.8) is 0 Å². The highest BCUT2D eigenvalue weighted by Crippen LogP contribution is 2.20. The third-order valence-corrected chi connectivity index (χ3v) is 6.98. The van der Waals surface area contributed by atoms with Crippen LogP contribution in [0.1, 0.15) is 5.56 Å². The van der Waals surface area contributed by atoms with Crippen molar-refractivity contribution in [2.75, 3.05) is 0 Å². The summed E-state index contributed by atoms with van der Waals surface area (Å²) < 4.78 is 27.6. The Bertz CT molecular complexity index is 1590. The molecule has 5 rings (SSSR count). The van der Waals surface area contributed by atoms with Crippen LogP contribution in [0.25, 0.3) is 21.9 Å². The second-order valence-electron chi connectivity index (χ2n) is 8.16. The number of sulfonamides is 1. The summed E-state index contributed by atoms with van der Waals surface area (Å²) >= 11 is 0. The van der Waals surface area contributed by atoms with Gasteiger partial charge in [-0.05, 0) is 34.7 Å². The highest BCUT2D eigenvalue weighted by Gasteiger charge is 2.16. The smallest absolute Gasteiger partial charge is 0.276 e. The standard InChI is InChI=1S/C29H24N3O2S.BrH/c33-35(34,28-13-5-2-6-14-28)31-30-29(22-32-20-19-24-11-7-8-12-27(24)21-32)26-17-15-25(16-18-26)23-9-3-1-4-10-23;/h1-21,31H,22H2;1H/q+1;/p-1/b30-29-;. The van der Waals surface area contributed by atoms with E-state index in [-0.39, 0.29) is 21.9 Å². The van der Waals surface area contributed by atoms with Crippen molar-refractivity contribution in [1.29, 1.82) is 0 Å². The molecule has 0 amide bonds. The van der Waals surface area contributed by atoms with Gasteiger partial charge in [-0.3, -0.25) is 0 Å². The molecule has 1 aromatic heterocycles. The summed E-state index contributed by atoms with van der Waals surface area (Å²) in [4.78, 5) is 2.59. The van der Waals surface area contributed by atoms with Crippen LogP contribution in [0.5, 0.6) is 0 Å². The van der Waals surface area contributed by atoms with Crippen molar-refractivity contribution in [1.82, 2.24) is 4.83 Å². The number of aromatic nitrogens is 1. The van der Waals surface area contributed by atoms with Crippen molar-refractivity contribution in [2.45, 2.75) is 11.4 Å². The van der Waals surface area contributed by atoms with Gasteiger partial charge in [0.1, 0.15) is 5.71 Å². The van der Waals surface area contributed by atoms with Crippen LogP contribution in [0.15, 0.2) is 138 Å². The Morgan fingerprint density at radius 2 is 1.28 bits per heavy atom. The van der Waals surface area contributed by atoms with Gasteiger partial charge in [0, 0.05) is 17.0 Å². The lowest BCUT2D eigenvalue weighted by Gasteiger charge is -2.09. The summed E-state index contributed by atoms with van der Waals surface area (Å²) in [6.07, 6.45) is 4.01. The van der Waals surface area contributed by atoms with Crippen molar-refractivity contribution < 1.29 is 30.0 Å². The summed E-state index contributed by atoms with van der Waals surface area (Å²) in [5.41, 5.74) is 3.63. The minimum atomic E-state index is -3.79. The van der Waals surface area contributed by atoms with E-state index in [0.29, 0.717) is 12.3 Å². The van der Waals surface area contributed by atoms with Crippen LogP contribution < -0.4 is 26.4 Å². The molecule has 0 spiro atoms. The van der Waals surface area contributed by atoms with Gasteiger partial charge < -0.3 is 17.0 Å². The van der Waals surface area contributed by atoms with Crippen LogP contribution in [0.3, 0.4) is 0 Å². The first kappa shape index (κ1) is 25.3. The Morgan fingerprint density at radius 1 is 0.694 bits per heavy atom. The van der Waals surface area contributed by atoms with Crippen LogP contribution in [-0.2, 0) is 16.6 Å². The molecule has 180 valence electrons. The molecule has 7 heteroatoms. The number of fused-ring (bicyclic) bond motifs is 1. The molecule has 5 aromatic rings. The SMILES string of the molecule is O=S(=O)(N/N=C(/C[n+]1ccc2ccccc2c1)c1ccc(-c2ccccc2)cc1)c1ccccc1.[Br-]. The van der Waals surface area contributed by atoms with Gasteiger partial charge in [-0.15, -0.1) is 0 Å². The first-order chi connectivity index (χ1) is 17.1. The fraction of sp³-hybridized carbons (Fsp3) is 0.0345. The third-order valence-electron chi connectivity index (χ3n) is 5.76. The van der Waals surface area contributed by atoms with E-state index in [9.17, 15) is 8.42 Å². The number of hydrogen-bond donors (Lipinski definition) is 1. The summed E-state index contributed by atoms with van der Waals surface area (Å²) in [5.74, 6) is 0. The maximum absolute atomic E-state index is 12.8. The normalized spacial score (nSPS) is 11.6. The van der Waals surface area contributed by atoms with E-state index in [1.807, 2.05) is 77.6 Å². The molecule has 4 aromatic carbocycles. The Labute approximate surface area is 221 Å². The summed E-state index contributed by atoms with van der Waals surface area (Å²) in [5, 5.41) is 6.61. The second kappa shape index (κ2) is 11.3. The van der Waals surface area contributed by atoms with E-state index < -0.39 is 10.0 Å². The van der Waals surface area contributed by atoms with E-state index in [1.54, 1.807) is 30.3 Å². The minimum Gasteiger partial charge on any atom is -1.00 e. The largest absolute Gasteiger partial charge is 1.00 e. The molecule has 5 nitrogen and oxygen atoms in total. The van der Waals surface area contributed by atoms with E-state index in [2.05, 4.69) is 34.2 Å². The molecule has 0 bridgehead atoms. The zero-order valence-electron chi connectivity index (χ0n) is 19.3. The number of pyridine rings is 1. The molecule has 0 atom stereocenters. The molecule has 0 aliphatic heterocycles. The maximum atomic E-state index is 12.8. The van der Waals surface area contributed by atoms with Gasteiger partial charge in [0.15, 0.2) is 18.9 Å². The van der Waals surface area contributed by atoms with Crippen LogP contribution >= 0.6 is 0 Å². The minimum absolute atomic E-state index is 0. The molecule has 0 aliphatic carbocycles. The number of benzene rings is 4. The zero-order valence-corrected chi connectivity index (χ0v) is 21.7. The van der Waals surface area contributed by atoms with Crippen molar-refractivity contribution >= 4 is 26.5 Å². The number of hydrazone groups is 1. The predicted molar refractivity (Wildman–Crippen MR) is 139 cm³/mol. The zero-order chi connectivity index (χ0) is 24.1. The molecule has 36 heavy (non-hydrogen) atoms. The van der Waals surface area contributed by atoms with Gasteiger partial charge in [-0.1, -0.05) is 91.0 Å². The van der Waals surface area contributed by atoms with Gasteiger partial charge >= 0.3 is 0 Å². The van der Waals surface area contributed by atoms with Crippen LogP contribution in [0.2, 0.25) is 0 Å². The van der Waals surface area contributed by atoms with E-state index >= 15 is 0 Å². The number of hydrogen-bond acceptors (Lipinski definition) is 3. The summed E-state index contributed by atoms with van der Waals surface area (Å²) in [6.45, 7) is 0.396. The Kier molecular flexibility index (Phi) is 7.93. The molecule has 0 radical (unpaired) electrons. The first-order valence-corrected chi connectivity index (χ1v) is 12.7. The lowest BCUT2D eigenvalue weighted by molar-refractivity contribution is -0.680. The predicted octanol–water partition coefficient (Wildman–Crippen LogP) is 2.18. The quantitative estimate of drug-likeness (QED) is 0.189. The molecule has 1 heterocycles. The summed E-state index contributed by atoms with van der Waals surface area (Å²) in [7, 11) is -3.79. The van der Waals surface area contributed by atoms with Crippen LogP contribution in [-0.4, -0.2) is 14.1 Å². The molecular formula is C29H24BrN3O2S. The van der Waals surface area contributed by atoms with Gasteiger partial charge in [0.25, 0.3) is 10.0 Å². The lowest BCUT2D eigenvalue weighted by atomic mass is 10.0. The van der Waals surface area contributed by atoms with E-state index in [0.717, 1.165) is 27.5 Å². The van der Waals surface area contributed by atoms with Gasteiger partial charge in [-0.2, -0.15) is 22.9 Å². The second-order valence-corrected chi connectivity index (χ2v) is 9.82. The van der Waals surface area contributed by atoms with Crippen molar-refractivity contribution in [3.05, 3.63) is 133 Å². The fourth-order valence-corrected chi connectivity index (χ4v) is 4.74. The van der Waals surface area contributed by atoms with E-state index in [4.69, 9.17) is 0 Å². The van der Waals surface area contributed by atoms with Crippen LogP contribution in [0, 0.1) is 0 Å². The topological polar surface area (TPSA) is 62.4 Å². The highest BCUT2D eigenvalue weighted by atomic mass is 79.9. The van der Waals surface area contributed by atoms with Crippen molar-refractivity contribution in [3.8, 4) is 11.1 Å². The number of rotatable bonds is 7. The van der Waals surface area contributed by atoms with Crippen LogP contribution in [0.4, 0.5) is 0 Å².